The number of imide groups is 3. The van der Waals surface area contributed by atoms with Crippen LogP contribution in [0.5, 0.6) is 0 Å². The summed E-state index contributed by atoms with van der Waals surface area (Å²) in [6, 6.07) is 0. The molecule has 1 fully saturated rings. The number of likely N-dealkylation sites (tertiary alicyclic amines) is 1. The Kier molecular flexibility index (Phi) is 3.17. The van der Waals surface area contributed by atoms with Crippen LogP contribution in [-0.2, 0) is 14.4 Å². The van der Waals surface area contributed by atoms with Gasteiger partial charge >= 0.3 is 0 Å². The molecule has 0 spiro atoms. The van der Waals surface area contributed by atoms with Crippen LogP contribution in [0.1, 0.15) is 44.9 Å². The molecule has 0 saturated carbocycles. The SMILES string of the molecule is O=C1CCCC(=O)N1C(=O)C1=CCCCC1. The first-order valence-corrected chi connectivity index (χ1v) is 5.79. The van der Waals surface area contributed by atoms with E-state index in [1.807, 2.05) is 6.08 Å². The van der Waals surface area contributed by atoms with E-state index in [0.29, 0.717) is 31.3 Å². The molecule has 1 heterocycles. The van der Waals surface area contributed by atoms with Crippen molar-refractivity contribution in [2.75, 3.05) is 0 Å². The Morgan fingerprint density at radius 1 is 1.00 bits per heavy atom. The molecule has 16 heavy (non-hydrogen) atoms. The molecule has 1 aliphatic heterocycles. The van der Waals surface area contributed by atoms with Crippen molar-refractivity contribution in [1.29, 1.82) is 0 Å². The van der Waals surface area contributed by atoms with Gasteiger partial charge in [0.2, 0.25) is 11.8 Å². The molecule has 2 aliphatic rings. The molecular weight excluding hydrogens is 206 g/mol. The molecule has 0 aromatic rings. The van der Waals surface area contributed by atoms with E-state index in [1.165, 1.54) is 0 Å². The zero-order chi connectivity index (χ0) is 11.5. The first-order valence-electron chi connectivity index (χ1n) is 5.79. The summed E-state index contributed by atoms with van der Waals surface area (Å²) in [4.78, 5) is 35.9. The standard InChI is InChI=1S/C12H15NO3/c14-10-7-4-8-11(15)13(10)12(16)9-5-2-1-3-6-9/h5H,1-4,6-8H2. The Bertz CT molecular complexity index is 354. The van der Waals surface area contributed by atoms with E-state index in [9.17, 15) is 14.4 Å². The number of amides is 3. The minimum absolute atomic E-state index is 0.310. The van der Waals surface area contributed by atoms with Crippen molar-refractivity contribution >= 4 is 17.7 Å². The van der Waals surface area contributed by atoms with E-state index < -0.39 is 0 Å². The Morgan fingerprint density at radius 2 is 1.69 bits per heavy atom. The smallest absolute Gasteiger partial charge is 0.262 e. The molecule has 86 valence electrons. The second-order valence-corrected chi connectivity index (χ2v) is 4.26. The number of allylic oxidation sites excluding steroid dienone is 1. The highest BCUT2D eigenvalue weighted by Gasteiger charge is 2.33. The van der Waals surface area contributed by atoms with Gasteiger partial charge in [0, 0.05) is 18.4 Å². The van der Waals surface area contributed by atoms with E-state index in [-0.39, 0.29) is 17.7 Å². The highest BCUT2D eigenvalue weighted by Crippen LogP contribution is 2.22. The van der Waals surface area contributed by atoms with Gasteiger partial charge in [-0.25, -0.2) is 4.90 Å². The van der Waals surface area contributed by atoms with Gasteiger partial charge < -0.3 is 0 Å². The molecule has 1 aliphatic carbocycles. The summed E-state index contributed by atoms with van der Waals surface area (Å²) < 4.78 is 0. The summed E-state index contributed by atoms with van der Waals surface area (Å²) in [6.45, 7) is 0. The number of hydrogen-bond donors (Lipinski definition) is 0. The molecule has 2 rings (SSSR count). The van der Waals surface area contributed by atoms with Crippen LogP contribution in [0.2, 0.25) is 0 Å². The molecule has 3 amide bonds. The third-order valence-electron chi connectivity index (χ3n) is 3.05. The lowest BCUT2D eigenvalue weighted by atomic mass is 9.97. The molecule has 0 radical (unpaired) electrons. The van der Waals surface area contributed by atoms with Crippen LogP contribution in [0.4, 0.5) is 0 Å². The monoisotopic (exact) mass is 221 g/mol. The Labute approximate surface area is 94.3 Å². The predicted molar refractivity (Wildman–Crippen MR) is 57.3 cm³/mol. The van der Waals surface area contributed by atoms with Crippen LogP contribution in [0.25, 0.3) is 0 Å². The van der Waals surface area contributed by atoms with E-state index in [4.69, 9.17) is 0 Å². The van der Waals surface area contributed by atoms with E-state index in [1.54, 1.807) is 0 Å². The van der Waals surface area contributed by atoms with Gasteiger partial charge in [0.05, 0.1) is 0 Å². The summed E-state index contributed by atoms with van der Waals surface area (Å²) in [5.74, 6) is -1.06. The minimum Gasteiger partial charge on any atom is -0.274 e. The predicted octanol–water partition coefficient (Wildman–Crippen LogP) is 1.55. The van der Waals surface area contributed by atoms with Crippen molar-refractivity contribution in [2.45, 2.75) is 44.9 Å². The summed E-state index contributed by atoms with van der Waals surface area (Å²) >= 11 is 0. The van der Waals surface area contributed by atoms with Crippen molar-refractivity contribution in [3.63, 3.8) is 0 Å². The van der Waals surface area contributed by atoms with E-state index >= 15 is 0 Å². The summed E-state index contributed by atoms with van der Waals surface area (Å²) in [6.07, 6.45) is 6.66. The number of nitrogens with zero attached hydrogens (tertiary/aromatic N) is 1. The van der Waals surface area contributed by atoms with Crippen molar-refractivity contribution in [2.24, 2.45) is 0 Å². The fourth-order valence-electron chi connectivity index (χ4n) is 2.16. The van der Waals surface area contributed by atoms with Gasteiger partial charge in [-0.2, -0.15) is 0 Å². The van der Waals surface area contributed by atoms with Gasteiger partial charge in [0.1, 0.15) is 0 Å². The second kappa shape index (κ2) is 4.60. The largest absolute Gasteiger partial charge is 0.274 e. The zero-order valence-corrected chi connectivity index (χ0v) is 9.20. The highest BCUT2D eigenvalue weighted by atomic mass is 16.2. The molecular formula is C12H15NO3. The number of hydrogen-bond acceptors (Lipinski definition) is 3. The summed E-state index contributed by atoms with van der Waals surface area (Å²) in [5, 5.41) is 0. The third kappa shape index (κ3) is 2.05. The van der Waals surface area contributed by atoms with Crippen molar-refractivity contribution < 1.29 is 14.4 Å². The molecule has 0 aromatic carbocycles. The van der Waals surface area contributed by atoms with Gasteiger partial charge in [-0.05, 0) is 32.1 Å². The second-order valence-electron chi connectivity index (χ2n) is 4.26. The quantitative estimate of drug-likeness (QED) is 0.631. The van der Waals surface area contributed by atoms with Crippen molar-refractivity contribution in [3.8, 4) is 0 Å². The first-order chi connectivity index (χ1) is 7.70. The van der Waals surface area contributed by atoms with Gasteiger partial charge in [0.15, 0.2) is 0 Å². The van der Waals surface area contributed by atoms with Crippen LogP contribution in [-0.4, -0.2) is 22.6 Å². The molecule has 0 aromatic heterocycles. The fraction of sp³-hybridized carbons (Fsp3) is 0.583. The summed E-state index contributed by atoms with van der Waals surface area (Å²) in [5.41, 5.74) is 0.634. The normalized spacial score (nSPS) is 22.0. The number of carbonyl (C=O) groups is 3. The van der Waals surface area contributed by atoms with Crippen LogP contribution in [0.15, 0.2) is 11.6 Å². The molecule has 4 nitrogen and oxygen atoms in total. The average Bonchev–Trinajstić information content (AvgIpc) is 2.30. The van der Waals surface area contributed by atoms with Crippen LogP contribution < -0.4 is 0 Å². The lowest BCUT2D eigenvalue weighted by molar-refractivity contribution is -0.154. The van der Waals surface area contributed by atoms with E-state index in [2.05, 4.69) is 0 Å². The van der Waals surface area contributed by atoms with Gasteiger partial charge in [-0.1, -0.05) is 6.08 Å². The highest BCUT2D eigenvalue weighted by molar-refractivity contribution is 6.17. The molecule has 0 unspecified atom stereocenters. The Morgan fingerprint density at radius 3 is 2.25 bits per heavy atom. The number of rotatable bonds is 1. The number of carbonyl (C=O) groups excluding carboxylic acids is 3. The lowest BCUT2D eigenvalue weighted by Gasteiger charge is -2.25. The van der Waals surface area contributed by atoms with Gasteiger partial charge in [-0.15, -0.1) is 0 Å². The van der Waals surface area contributed by atoms with E-state index in [0.717, 1.165) is 24.2 Å². The minimum atomic E-state index is -0.380. The van der Waals surface area contributed by atoms with Crippen LogP contribution in [0.3, 0.4) is 0 Å². The molecule has 0 N–H and O–H groups in total. The van der Waals surface area contributed by atoms with Crippen molar-refractivity contribution in [3.05, 3.63) is 11.6 Å². The molecule has 0 atom stereocenters. The Hall–Kier alpha value is -1.45. The third-order valence-corrected chi connectivity index (χ3v) is 3.05. The lowest BCUT2D eigenvalue weighted by Crippen LogP contribution is -2.45. The number of piperidine rings is 1. The maximum absolute atomic E-state index is 12.0. The van der Waals surface area contributed by atoms with Crippen LogP contribution in [0, 0.1) is 0 Å². The average molecular weight is 221 g/mol. The summed E-state index contributed by atoms with van der Waals surface area (Å²) in [7, 11) is 0. The maximum Gasteiger partial charge on any atom is 0.262 e. The maximum atomic E-state index is 12.0. The van der Waals surface area contributed by atoms with Crippen LogP contribution >= 0.6 is 0 Å². The fourth-order valence-corrected chi connectivity index (χ4v) is 2.16. The topological polar surface area (TPSA) is 54.5 Å². The van der Waals surface area contributed by atoms with Gasteiger partial charge in [0.25, 0.3) is 5.91 Å². The first kappa shape index (κ1) is 11.0. The molecule has 0 bridgehead atoms. The molecule has 1 saturated heterocycles. The van der Waals surface area contributed by atoms with Gasteiger partial charge in [-0.3, -0.25) is 14.4 Å². The van der Waals surface area contributed by atoms with Crippen molar-refractivity contribution in [1.82, 2.24) is 4.90 Å². The zero-order valence-electron chi connectivity index (χ0n) is 9.20. The Balaban J connectivity index is 2.16. The molecule has 4 heteroatoms.